The fourth-order valence-electron chi connectivity index (χ4n) is 1.07. The van der Waals surface area contributed by atoms with Gasteiger partial charge in [0.05, 0.1) is 6.10 Å². The number of rotatable bonds is 6. The van der Waals surface area contributed by atoms with Gasteiger partial charge >= 0.3 is 0 Å². The molecule has 16 heavy (non-hydrogen) atoms. The Kier molecular flexibility index (Phi) is 5.94. The Morgan fingerprint density at radius 1 is 1.38 bits per heavy atom. The van der Waals surface area contributed by atoms with Crippen molar-refractivity contribution in [3.8, 4) is 0 Å². The van der Waals surface area contributed by atoms with Crippen LogP contribution in [0.4, 0.5) is 0 Å². The molecule has 0 bridgehead atoms. The average molecular weight is 244 g/mol. The van der Waals surface area contributed by atoms with Crippen LogP contribution < -0.4 is 0 Å². The van der Waals surface area contributed by atoms with E-state index in [0.29, 0.717) is 13.0 Å². The Morgan fingerprint density at radius 3 is 2.25 bits per heavy atom. The molecule has 0 aliphatic carbocycles. The van der Waals surface area contributed by atoms with Gasteiger partial charge in [0.1, 0.15) is 0 Å². The third kappa shape index (κ3) is 4.81. The van der Waals surface area contributed by atoms with Crippen LogP contribution in [0.15, 0.2) is 12.7 Å². The molecule has 0 rings (SSSR count). The summed E-state index contributed by atoms with van der Waals surface area (Å²) in [6.07, 6.45) is 2.07. The minimum absolute atomic E-state index is 0.173. The largest absolute Gasteiger partial charge is 0.416 e. The smallest absolute Gasteiger partial charge is 0.191 e. The molecule has 2 atom stereocenters. The van der Waals surface area contributed by atoms with Crippen LogP contribution in [0, 0.1) is 5.92 Å². The highest BCUT2D eigenvalue weighted by molar-refractivity contribution is 6.74. The molecular formula is C13H28O2Si. The second-order valence-electron chi connectivity index (χ2n) is 6.14. The maximum atomic E-state index is 9.78. The van der Waals surface area contributed by atoms with Crippen molar-refractivity contribution in [1.82, 2.24) is 0 Å². The molecule has 0 saturated heterocycles. The summed E-state index contributed by atoms with van der Waals surface area (Å²) in [6, 6.07) is 0. The molecule has 0 aromatic rings. The molecule has 3 heteroatoms. The minimum atomic E-state index is -1.67. The summed E-state index contributed by atoms with van der Waals surface area (Å²) in [5.41, 5.74) is 0. The maximum absolute atomic E-state index is 9.78. The Bertz CT molecular complexity index is 218. The zero-order valence-corrected chi connectivity index (χ0v) is 12.7. The molecule has 0 aromatic heterocycles. The van der Waals surface area contributed by atoms with Crippen LogP contribution in [0.2, 0.25) is 18.1 Å². The van der Waals surface area contributed by atoms with Gasteiger partial charge in [0.25, 0.3) is 0 Å². The van der Waals surface area contributed by atoms with Crippen molar-refractivity contribution >= 4 is 8.32 Å². The first kappa shape index (κ1) is 15.9. The quantitative estimate of drug-likeness (QED) is 0.571. The van der Waals surface area contributed by atoms with Gasteiger partial charge in [-0.2, -0.15) is 0 Å². The van der Waals surface area contributed by atoms with E-state index in [1.54, 1.807) is 6.08 Å². The molecule has 2 nitrogen and oxygen atoms in total. The summed E-state index contributed by atoms with van der Waals surface area (Å²) in [5.74, 6) is 0.173. The van der Waals surface area contributed by atoms with Crippen LogP contribution in [0.1, 0.15) is 34.1 Å². The van der Waals surface area contributed by atoms with Crippen LogP contribution in [-0.4, -0.2) is 26.1 Å². The van der Waals surface area contributed by atoms with Crippen molar-refractivity contribution in [2.75, 3.05) is 6.61 Å². The molecule has 0 aliphatic rings. The predicted molar refractivity (Wildman–Crippen MR) is 73.1 cm³/mol. The molecule has 0 amide bonds. The van der Waals surface area contributed by atoms with E-state index >= 15 is 0 Å². The lowest BCUT2D eigenvalue weighted by molar-refractivity contribution is 0.0825. The SMILES string of the molecule is C=CC[C@@H](O)[C@@H](C)CO[Si](C)(C)C(C)(C)C. The normalized spacial score (nSPS) is 16.9. The first-order chi connectivity index (χ1) is 7.12. The van der Waals surface area contributed by atoms with E-state index in [0.717, 1.165) is 0 Å². The topological polar surface area (TPSA) is 29.5 Å². The van der Waals surface area contributed by atoms with Gasteiger partial charge in [0.2, 0.25) is 0 Å². The van der Waals surface area contributed by atoms with Crippen LogP contribution in [0.25, 0.3) is 0 Å². The van der Waals surface area contributed by atoms with Gasteiger partial charge < -0.3 is 9.53 Å². The van der Waals surface area contributed by atoms with Gasteiger partial charge in [-0.25, -0.2) is 0 Å². The van der Waals surface area contributed by atoms with Crippen LogP contribution >= 0.6 is 0 Å². The van der Waals surface area contributed by atoms with E-state index in [4.69, 9.17) is 4.43 Å². The van der Waals surface area contributed by atoms with Crippen molar-refractivity contribution < 1.29 is 9.53 Å². The molecular weight excluding hydrogens is 216 g/mol. The number of hydrogen-bond donors (Lipinski definition) is 1. The second kappa shape index (κ2) is 5.99. The third-order valence-corrected chi connectivity index (χ3v) is 8.08. The monoisotopic (exact) mass is 244 g/mol. The first-order valence-electron chi connectivity index (χ1n) is 6.04. The van der Waals surface area contributed by atoms with Gasteiger partial charge in [-0.05, 0) is 24.6 Å². The summed E-state index contributed by atoms with van der Waals surface area (Å²) in [5, 5.41) is 10.0. The zero-order valence-electron chi connectivity index (χ0n) is 11.7. The second-order valence-corrected chi connectivity index (χ2v) is 10.9. The Balaban J connectivity index is 4.19. The lowest BCUT2D eigenvalue weighted by atomic mass is 10.0. The Morgan fingerprint density at radius 2 is 1.88 bits per heavy atom. The highest BCUT2D eigenvalue weighted by atomic mass is 28.4. The highest BCUT2D eigenvalue weighted by Gasteiger charge is 2.37. The number of hydrogen-bond acceptors (Lipinski definition) is 2. The minimum Gasteiger partial charge on any atom is -0.416 e. The van der Waals surface area contributed by atoms with Gasteiger partial charge in [-0.1, -0.05) is 33.8 Å². The van der Waals surface area contributed by atoms with Crippen molar-refractivity contribution in [2.45, 2.75) is 58.4 Å². The Labute approximate surface area is 102 Å². The van der Waals surface area contributed by atoms with Gasteiger partial charge in [0, 0.05) is 12.5 Å². The first-order valence-corrected chi connectivity index (χ1v) is 8.95. The molecule has 0 aliphatic heterocycles. The van der Waals surface area contributed by atoms with Crippen molar-refractivity contribution in [2.24, 2.45) is 5.92 Å². The zero-order chi connectivity index (χ0) is 13.0. The van der Waals surface area contributed by atoms with Gasteiger partial charge in [0.15, 0.2) is 8.32 Å². The molecule has 1 N–H and O–H groups in total. The standard InChI is InChI=1S/C13H28O2Si/c1-8-9-12(14)11(2)10-15-16(6,7)13(3,4)5/h8,11-12,14H,1,9-10H2,2-7H3/t11-,12+/m0/s1. The lowest BCUT2D eigenvalue weighted by Gasteiger charge is -2.37. The molecule has 96 valence electrons. The van der Waals surface area contributed by atoms with Crippen molar-refractivity contribution in [1.29, 1.82) is 0 Å². The molecule has 0 saturated carbocycles. The summed E-state index contributed by atoms with van der Waals surface area (Å²) < 4.78 is 6.07. The third-order valence-electron chi connectivity index (χ3n) is 3.58. The fraction of sp³-hybridized carbons (Fsp3) is 0.846. The molecule has 0 heterocycles. The number of aliphatic hydroxyl groups is 1. The molecule has 0 radical (unpaired) electrons. The van der Waals surface area contributed by atoms with Crippen molar-refractivity contribution in [3.05, 3.63) is 12.7 Å². The average Bonchev–Trinajstić information content (AvgIpc) is 2.12. The van der Waals surface area contributed by atoms with Gasteiger partial charge in [-0.15, -0.1) is 6.58 Å². The van der Waals surface area contributed by atoms with E-state index in [1.165, 1.54) is 0 Å². The number of aliphatic hydroxyl groups excluding tert-OH is 1. The highest BCUT2D eigenvalue weighted by Crippen LogP contribution is 2.36. The Hall–Kier alpha value is -0.123. The molecule has 0 unspecified atom stereocenters. The summed E-state index contributed by atoms with van der Waals surface area (Å²) in [6.45, 7) is 17.5. The molecule has 0 fully saturated rings. The van der Waals surface area contributed by atoms with Crippen molar-refractivity contribution in [3.63, 3.8) is 0 Å². The van der Waals surface area contributed by atoms with Crippen LogP contribution in [0.3, 0.4) is 0 Å². The summed E-state index contributed by atoms with van der Waals surface area (Å²) >= 11 is 0. The molecule has 0 aromatic carbocycles. The molecule has 0 spiro atoms. The summed E-state index contributed by atoms with van der Waals surface area (Å²) in [4.78, 5) is 0. The van der Waals surface area contributed by atoms with Gasteiger partial charge in [-0.3, -0.25) is 0 Å². The van der Waals surface area contributed by atoms with Crippen LogP contribution in [-0.2, 0) is 4.43 Å². The summed E-state index contributed by atoms with van der Waals surface area (Å²) in [7, 11) is -1.67. The maximum Gasteiger partial charge on any atom is 0.191 e. The van der Waals surface area contributed by atoms with E-state index in [2.05, 4.69) is 40.4 Å². The van der Waals surface area contributed by atoms with E-state index < -0.39 is 8.32 Å². The predicted octanol–water partition coefficient (Wildman–Crippen LogP) is 3.58. The van der Waals surface area contributed by atoms with E-state index in [9.17, 15) is 5.11 Å². The van der Waals surface area contributed by atoms with E-state index in [-0.39, 0.29) is 17.1 Å². The lowest BCUT2D eigenvalue weighted by Crippen LogP contribution is -2.42. The van der Waals surface area contributed by atoms with E-state index in [1.807, 2.05) is 6.92 Å². The van der Waals surface area contributed by atoms with Crippen LogP contribution in [0.5, 0.6) is 0 Å². The fourth-order valence-corrected chi connectivity index (χ4v) is 2.18.